The van der Waals surface area contributed by atoms with Crippen LogP contribution in [0, 0.1) is 0 Å². The first kappa shape index (κ1) is 16.7. The summed E-state index contributed by atoms with van der Waals surface area (Å²) in [5, 5.41) is 0. The van der Waals surface area contributed by atoms with Gasteiger partial charge in [-0.3, -0.25) is 4.79 Å². The minimum Gasteiger partial charge on any atom is -0.337 e. The van der Waals surface area contributed by atoms with E-state index in [9.17, 15) is 13.2 Å². The zero-order valence-electron chi connectivity index (χ0n) is 13.3. The Balaban J connectivity index is 1.59. The van der Waals surface area contributed by atoms with E-state index in [-0.39, 0.29) is 17.7 Å². The lowest BCUT2D eigenvalue weighted by molar-refractivity contribution is 0.0790. The van der Waals surface area contributed by atoms with Gasteiger partial charge in [-0.2, -0.15) is 0 Å². The molecule has 2 aromatic rings. The molecule has 0 spiro atoms. The predicted molar refractivity (Wildman–Crippen MR) is 93.0 cm³/mol. The monoisotopic (exact) mass is 344 g/mol. The number of likely N-dealkylation sites (tertiary alicyclic amines) is 1. The molecule has 0 aliphatic carbocycles. The van der Waals surface area contributed by atoms with Gasteiger partial charge in [0.15, 0.2) is 0 Å². The van der Waals surface area contributed by atoms with Crippen molar-refractivity contribution in [1.29, 1.82) is 0 Å². The molecule has 6 heteroatoms. The first-order chi connectivity index (χ1) is 11.5. The lowest BCUT2D eigenvalue weighted by Gasteiger charge is -2.17. The fourth-order valence-electron chi connectivity index (χ4n) is 2.89. The van der Waals surface area contributed by atoms with Crippen LogP contribution in [0.1, 0.15) is 22.3 Å². The number of amides is 1. The van der Waals surface area contributed by atoms with E-state index in [0.717, 1.165) is 5.56 Å². The third-order valence-electron chi connectivity index (χ3n) is 4.04. The van der Waals surface area contributed by atoms with Gasteiger partial charge in [0.25, 0.3) is 5.91 Å². The molecule has 0 saturated carbocycles. The van der Waals surface area contributed by atoms with Crippen molar-refractivity contribution in [3.05, 3.63) is 71.8 Å². The number of sulfonamides is 1. The first-order valence-corrected chi connectivity index (χ1v) is 9.57. The average Bonchev–Trinajstić information content (AvgIpc) is 3.03. The normalized spacial score (nSPS) is 17.8. The van der Waals surface area contributed by atoms with Crippen LogP contribution in [-0.2, 0) is 15.8 Å². The molecule has 1 saturated heterocycles. The molecule has 0 bridgehead atoms. The van der Waals surface area contributed by atoms with Crippen molar-refractivity contribution in [2.24, 2.45) is 0 Å². The van der Waals surface area contributed by atoms with Crippen molar-refractivity contribution in [2.45, 2.75) is 18.2 Å². The van der Waals surface area contributed by atoms with Gasteiger partial charge in [0.2, 0.25) is 10.0 Å². The molecule has 1 N–H and O–H groups in total. The van der Waals surface area contributed by atoms with Gasteiger partial charge < -0.3 is 4.90 Å². The Kier molecular flexibility index (Phi) is 4.97. The van der Waals surface area contributed by atoms with Gasteiger partial charge in [-0.1, -0.05) is 48.5 Å². The predicted octanol–water partition coefficient (Wildman–Crippen LogP) is 2.02. The molecule has 126 valence electrons. The van der Waals surface area contributed by atoms with Crippen molar-refractivity contribution in [2.75, 3.05) is 13.1 Å². The highest BCUT2D eigenvalue weighted by Crippen LogP contribution is 2.15. The molecule has 2 aromatic carbocycles. The summed E-state index contributed by atoms with van der Waals surface area (Å²) < 4.78 is 27.3. The van der Waals surface area contributed by atoms with E-state index in [1.165, 1.54) is 0 Å². The standard InChI is InChI=1S/C18H20N2O3S/c21-18(16-9-5-2-6-10-16)20-12-11-17(13-20)19-24(22,23)14-15-7-3-1-4-8-15/h1-10,17,19H,11-14H2. The highest BCUT2D eigenvalue weighted by molar-refractivity contribution is 7.88. The second-order valence-electron chi connectivity index (χ2n) is 5.97. The van der Waals surface area contributed by atoms with E-state index in [1.54, 1.807) is 29.2 Å². The number of benzene rings is 2. The Hall–Kier alpha value is -2.18. The van der Waals surface area contributed by atoms with Crippen LogP contribution in [0.3, 0.4) is 0 Å². The molecular formula is C18H20N2O3S. The number of rotatable bonds is 5. The van der Waals surface area contributed by atoms with Crippen molar-refractivity contribution in [3.63, 3.8) is 0 Å². The third kappa shape index (κ3) is 4.21. The van der Waals surface area contributed by atoms with Crippen LogP contribution in [-0.4, -0.2) is 38.4 Å². The topological polar surface area (TPSA) is 66.5 Å². The molecular weight excluding hydrogens is 324 g/mol. The largest absolute Gasteiger partial charge is 0.337 e. The minimum atomic E-state index is -3.42. The number of carbonyl (C=O) groups is 1. The van der Waals surface area contributed by atoms with Crippen LogP contribution in [0.2, 0.25) is 0 Å². The second-order valence-corrected chi connectivity index (χ2v) is 7.72. The maximum atomic E-state index is 12.4. The molecule has 1 unspecified atom stereocenters. The van der Waals surface area contributed by atoms with E-state index in [2.05, 4.69) is 4.72 Å². The molecule has 24 heavy (non-hydrogen) atoms. The number of hydrogen-bond donors (Lipinski definition) is 1. The summed E-state index contributed by atoms with van der Waals surface area (Å²) in [6.45, 7) is 0.966. The van der Waals surface area contributed by atoms with Gasteiger partial charge in [-0.25, -0.2) is 13.1 Å². The molecule has 1 atom stereocenters. The molecule has 3 rings (SSSR count). The summed E-state index contributed by atoms with van der Waals surface area (Å²) in [6.07, 6.45) is 0.632. The number of carbonyl (C=O) groups excluding carboxylic acids is 1. The van der Waals surface area contributed by atoms with Crippen molar-refractivity contribution >= 4 is 15.9 Å². The van der Waals surface area contributed by atoms with Crippen LogP contribution < -0.4 is 4.72 Å². The Morgan fingerprint density at radius 3 is 2.33 bits per heavy atom. The molecule has 1 fully saturated rings. The number of nitrogens with zero attached hydrogens (tertiary/aromatic N) is 1. The molecule has 0 radical (unpaired) electrons. The van der Waals surface area contributed by atoms with E-state index in [1.807, 2.05) is 36.4 Å². The summed E-state index contributed by atoms with van der Waals surface area (Å²) in [7, 11) is -3.42. The first-order valence-electron chi connectivity index (χ1n) is 7.92. The summed E-state index contributed by atoms with van der Waals surface area (Å²) in [6, 6.07) is 17.9. The Morgan fingerprint density at radius 2 is 1.67 bits per heavy atom. The molecule has 1 amide bonds. The average molecular weight is 344 g/mol. The quantitative estimate of drug-likeness (QED) is 0.902. The van der Waals surface area contributed by atoms with Gasteiger partial charge in [0, 0.05) is 24.7 Å². The Labute approximate surface area is 142 Å². The summed E-state index contributed by atoms with van der Waals surface area (Å²) in [5.41, 5.74) is 1.38. The lowest BCUT2D eigenvalue weighted by Crippen LogP contribution is -2.39. The zero-order chi connectivity index (χ0) is 17.0. The van der Waals surface area contributed by atoms with E-state index in [4.69, 9.17) is 0 Å². The van der Waals surface area contributed by atoms with Crippen molar-refractivity contribution < 1.29 is 13.2 Å². The van der Waals surface area contributed by atoms with Crippen LogP contribution in [0.4, 0.5) is 0 Å². The minimum absolute atomic E-state index is 0.0447. The van der Waals surface area contributed by atoms with E-state index in [0.29, 0.717) is 25.1 Å². The second kappa shape index (κ2) is 7.15. The van der Waals surface area contributed by atoms with Gasteiger partial charge in [0.05, 0.1) is 5.75 Å². The highest BCUT2D eigenvalue weighted by atomic mass is 32.2. The van der Waals surface area contributed by atoms with Gasteiger partial charge in [0.1, 0.15) is 0 Å². The summed E-state index contributed by atoms with van der Waals surface area (Å²) in [5.74, 6) is -0.0999. The fraction of sp³-hybridized carbons (Fsp3) is 0.278. The van der Waals surface area contributed by atoms with Gasteiger partial charge >= 0.3 is 0 Å². The Bertz CT molecular complexity index is 792. The smallest absolute Gasteiger partial charge is 0.253 e. The lowest BCUT2D eigenvalue weighted by atomic mass is 10.2. The zero-order valence-corrected chi connectivity index (χ0v) is 14.1. The van der Waals surface area contributed by atoms with Gasteiger partial charge in [-0.15, -0.1) is 0 Å². The molecule has 5 nitrogen and oxygen atoms in total. The molecule has 0 aromatic heterocycles. The van der Waals surface area contributed by atoms with Crippen LogP contribution in [0.5, 0.6) is 0 Å². The van der Waals surface area contributed by atoms with Crippen molar-refractivity contribution in [1.82, 2.24) is 9.62 Å². The number of nitrogens with one attached hydrogen (secondary N) is 1. The molecule has 1 heterocycles. The Morgan fingerprint density at radius 1 is 1.04 bits per heavy atom. The van der Waals surface area contributed by atoms with Crippen LogP contribution in [0.15, 0.2) is 60.7 Å². The fourth-order valence-corrected chi connectivity index (χ4v) is 4.31. The van der Waals surface area contributed by atoms with Gasteiger partial charge in [-0.05, 0) is 24.1 Å². The summed E-state index contributed by atoms with van der Waals surface area (Å²) >= 11 is 0. The highest BCUT2D eigenvalue weighted by Gasteiger charge is 2.29. The third-order valence-corrected chi connectivity index (χ3v) is 5.45. The van der Waals surface area contributed by atoms with Crippen LogP contribution in [0.25, 0.3) is 0 Å². The SMILES string of the molecule is O=C(c1ccccc1)N1CCC(NS(=O)(=O)Cc2ccccc2)C1. The maximum absolute atomic E-state index is 12.4. The summed E-state index contributed by atoms with van der Waals surface area (Å²) in [4.78, 5) is 14.1. The molecule has 1 aliphatic rings. The maximum Gasteiger partial charge on any atom is 0.253 e. The van der Waals surface area contributed by atoms with Crippen molar-refractivity contribution in [3.8, 4) is 0 Å². The molecule has 1 aliphatic heterocycles. The van der Waals surface area contributed by atoms with E-state index >= 15 is 0 Å². The van der Waals surface area contributed by atoms with E-state index < -0.39 is 10.0 Å². The number of hydrogen-bond acceptors (Lipinski definition) is 3. The van der Waals surface area contributed by atoms with Crippen LogP contribution >= 0.6 is 0 Å².